The molecule has 2 atom stereocenters. The molecule has 1 saturated heterocycles. The summed E-state index contributed by atoms with van der Waals surface area (Å²) >= 11 is 0. The molecule has 1 aliphatic heterocycles. The largest absolute Gasteiger partial charge is 0.330 e. The summed E-state index contributed by atoms with van der Waals surface area (Å²) in [5.74, 6) is 0.333. The second-order valence-corrected chi connectivity index (χ2v) is 7.80. The van der Waals surface area contributed by atoms with Crippen LogP contribution in [0.1, 0.15) is 44.9 Å². The van der Waals surface area contributed by atoms with Crippen LogP contribution < -0.4 is 16.4 Å². The van der Waals surface area contributed by atoms with Crippen LogP contribution >= 0.6 is 24.8 Å². The van der Waals surface area contributed by atoms with Gasteiger partial charge in [-0.05, 0) is 69.4 Å². The Kier molecular flexibility index (Phi) is 11.6. The average molecular weight is 445 g/mol. The number of amides is 2. The van der Waals surface area contributed by atoms with Gasteiger partial charge in [0.1, 0.15) is 0 Å². The van der Waals surface area contributed by atoms with Crippen LogP contribution in [0.3, 0.4) is 0 Å². The molecule has 1 aliphatic carbocycles. The number of hydrogen-bond acceptors (Lipinski definition) is 4. The molecule has 0 aromatic heterocycles. The molecule has 29 heavy (non-hydrogen) atoms. The van der Waals surface area contributed by atoms with Crippen molar-refractivity contribution in [2.24, 2.45) is 17.6 Å². The lowest BCUT2D eigenvalue weighted by Crippen LogP contribution is -2.32. The molecule has 4 N–H and O–H groups in total. The number of hydrogen-bond donors (Lipinski definition) is 3. The van der Waals surface area contributed by atoms with Crippen molar-refractivity contribution in [3.8, 4) is 0 Å². The maximum absolute atomic E-state index is 12.5. The van der Waals surface area contributed by atoms with E-state index in [2.05, 4.69) is 15.5 Å². The summed E-state index contributed by atoms with van der Waals surface area (Å²) in [5.41, 5.74) is 7.23. The molecule has 6 nitrogen and oxygen atoms in total. The highest BCUT2D eigenvalue weighted by Crippen LogP contribution is 2.32. The van der Waals surface area contributed by atoms with Crippen LogP contribution in [-0.2, 0) is 9.59 Å². The van der Waals surface area contributed by atoms with Gasteiger partial charge in [0.25, 0.3) is 0 Å². The minimum absolute atomic E-state index is 0. The molecule has 1 aromatic carbocycles. The third-order valence-electron chi connectivity index (χ3n) is 5.82. The lowest BCUT2D eigenvalue weighted by atomic mass is 9.95. The van der Waals surface area contributed by atoms with Crippen molar-refractivity contribution in [3.05, 3.63) is 24.3 Å². The number of piperidine rings is 1. The van der Waals surface area contributed by atoms with Crippen LogP contribution in [-0.4, -0.2) is 42.9 Å². The number of halogens is 2. The maximum Gasteiger partial charge on any atom is 0.227 e. The first kappa shape index (κ1) is 25.7. The van der Waals surface area contributed by atoms with E-state index in [1.54, 1.807) is 0 Å². The highest BCUT2D eigenvalue weighted by Gasteiger charge is 2.31. The van der Waals surface area contributed by atoms with Gasteiger partial charge in [-0.3, -0.25) is 9.59 Å². The van der Waals surface area contributed by atoms with Crippen molar-refractivity contribution in [2.75, 3.05) is 36.8 Å². The summed E-state index contributed by atoms with van der Waals surface area (Å²) in [6.07, 6.45) is 7.26. The van der Waals surface area contributed by atoms with E-state index in [1.807, 2.05) is 24.3 Å². The number of nitrogens with one attached hydrogen (secondary N) is 2. The van der Waals surface area contributed by atoms with Crippen LogP contribution in [0.4, 0.5) is 11.4 Å². The lowest BCUT2D eigenvalue weighted by Gasteiger charge is -2.25. The molecule has 2 aliphatic rings. The SMILES string of the molecule is Cl.Cl.NC[C@H]1CCC[C@H]1C(=O)Nc1cccc(NC(=O)CCN2CCCCC2)c1. The van der Waals surface area contributed by atoms with Gasteiger partial charge in [0.15, 0.2) is 0 Å². The number of carbonyl (C=O) groups excluding carboxylic acids is 2. The average Bonchev–Trinajstić information content (AvgIpc) is 3.16. The summed E-state index contributed by atoms with van der Waals surface area (Å²) in [6.45, 7) is 3.56. The Bertz CT molecular complexity index is 653. The highest BCUT2D eigenvalue weighted by molar-refractivity contribution is 5.95. The number of carbonyl (C=O) groups is 2. The normalized spacial score (nSPS) is 21.6. The van der Waals surface area contributed by atoms with E-state index >= 15 is 0 Å². The van der Waals surface area contributed by atoms with E-state index in [4.69, 9.17) is 5.73 Å². The van der Waals surface area contributed by atoms with E-state index in [9.17, 15) is 9.59 Å². The van der Waals surface area contributed by atoms with Crippen LogP contribution in [0.25, 0.3) is 0 Å². The summed E-state index contributed by atoms with van der Waals surface area (Å²) < 4.78 is 0. The first-order valence-corrected chi connectivity index (χ1v) is 10.3. The van der Waals surface area contributed by atoms with Crippen molar-refractivity contribution in [3.63, 3.8) is 0 Å². The second-order valence-electron chi connectivity index (χ2n) is 7.80. The lowest BCUT2D eigenvalue weighted by molar-refractivity contribution is -0.120. The number of rotatable bonds is 7. The fourth-order valence-electron chi connectivity index (χ4n) is 4.24. The smallest absolute Gasteiger partial charge is 0.227 e. The number of benzene rings is 1. The van der Waals surface area contributed by atoms with Gasteiger partial charge in [0, 0.05) is 30.3 Å². The number of nitrogens with zero attached hydrogens (tertiary/aromatic N) is 1. The molecule has 0 spiro atoms. The van der Waals surface area contributed by atoms with Gasteiger partial charge in [-0.25, -0.2) is 0 Å². The monoisotopic (exact) mass is 444 g/mol. The molecule has 0 unspecified atom stereocenters. The zero-order valence-corrected chi connectivity index (χ0v) is 18.5. The van der Waals surface area contributed by atoms with Gasteiger partial charge in [0.2, 0.25) is 11.8 Å². The quantitative estimate of drug-likeness (QED) is 0.598. The van der Waals surface area contributed by atoms with Gasteiger partial charge in [-0.15, -0.1) is 24.8 Å². The van der Waals surface area contributed by atoms with Gasteiger partial charge in [-0.1, -0.05) is 18.9 Å². The Morgan fingerprint density at radius 3 is 2.38 bits per heavy atom. The summed E-state index contributed by atoms with van der Waals surface area (Å²) in [5, 5.41) is 5.94. The van der Waals surface area contributed by atoms with E-state index in [-0.39, 0.29) is 48.5 Å². The molecule has 1 aromatic rings. The van der Waals surface area contributed by atoms with Crippen LogP contribution in [0.2, 0.25) is 0 Å². The Labute approximate surface area is 186 Å². The molecular weight excluding hydrogens is 411 g/mol. The molecule has 2 amide bonds. The molecule has 2 fully saturated rings. The molecule has 0 radical (unpaired) electrons. The Morgan fingerprint density at radius 1 is 1.00 bits per heavy atom. The first-order valence-electron chi connectivity index (χ1n) is 10.3. The molecule has 164 valence electrons. The Hall–Kier alpha value is -1.34. The van der Waals surface area contributed by atoms with Gasteiger partial charge in [-0.2, -0.15) is 0 Å². The van der Waals surface area contributed by atoms with Gasteiger partial charge >= 0.3 is 0 Å². The number of likely N-dealkylation sites (tertiary alicyclic amines) is 1. The van der Waals surface area contributed by atoms with Crippen LogP contribution in [0.5, 0.6) is 0 Å². The summed E-state index contributed by atoms with van der Waals surface area (Å²) in [7, 11) is 0. The fraction of sp³-hybridized carbons (Fsp3) is 0.619. The van der Waals surface area contributed by atoms with Crippen LogP contribution in [0.15, 0.2) is 24.3 Å². The first-order chi connectivity index (χ1) is 13.2. The third kappa shape index (κ3) is 7.78. The number of nitrogens with two attached hydrogens (primary N) is 1. The minimum atomic E-state index is -0.00205. The number of anilines is 2. The topological polar surface area (TPSA) is 87.5 Å². The van der Waals surface area contributed by atoms with Crippen molar-refractivity contribution in [1.29, 1.82) is 0 Å². The Morgan fingerprint density at radius 2 is 1.69 bits per heavy atom. The zero-order chi connectivity index (χ0) is 19.1. The maximum atomic E-state index is 12.5. The van der Waals surface area contributed by atoms with Crippen LogP contribution in [0, 0.1) is 11.8 Å². The van der Waals surface area contributed by atoms with E-state index < -0.39 is 0 Å². The summed E-state index contributed by atoms with van der Waals surface area (Å²) in [6, 6.07) is 7.38. The third-order valence-corrected chi connectivity index (χ3v) is 5.82. The van der Waals surface area contributed by atoms with Crippen molar-refractivity contribution in [2.45, 2.75) is 44.9 Å². The highest BCUT2D eigenvalue weighted by atomic mass is 35.5. The van der Waals surface area contributed by atoms with E-state index in [1.165, 1.54) is 19.3 Å². The molecular formula is C21H34Cl2N4O2. The minimum Gasteiger partial charge on any atom is -0.330 e. The molecule has 1 heterocycles. The van der Waals surface area contributed by atoms with Gasteiger partial charge < -0.3 is 21.3 Å². The fourth-order valence-corrected chi connectivity index (χ4v) is 4.24. The van der Waals surface area contributed by atoms with E-state index in [0.717, 1.165) is 50.3 Å². The van der Waals surface area contributed by atoms with Crippen molar-refractivity contribution >= 4 is 48.0 Å². The summed E-state index contributed by atoms with van der Waals surface area (Å²) in [4.78, 5) is 27.1. The predicted octanol–water partition coefficient (Wildman–Crippen LogP) is 3.66. The molecule has 1 saturated carbocycles. The molecule has 3 rings (SSSR count). The van der Waals surface area contributed by atoms with Crippen molar-refractivity contribution < 1.29 is 9.59 Å². The standard InChI is InChI=1S/C21H32N4O2.2ClH/c22-15-16-6-4-9-19(16)21(27)24-18-8-5-7-17(14-18)23-20(26)10-13-25-11-2-1-3-12-25;;/h5,7-8,14,16,19H,1-4,6,9-13,15,22H2,(H,23,26)(H,24,27);2*1H/t16-,19-;;/m1../s1. The van der Waals surface area contributed by atoms with Crippen molar-refractivity contribution in [1.82, 2.24) is 4.90 Å². The Balaban J connectivity index is 0.00000210. The molecule has 8 heteroatoms. The van der Waals surface area contributed by atoms with E-state index in [0.29, 0.717) is 13.0 Å². The zero-order valence-electron chi connectivity index (χ0n) is 16.9. The van der Waals surface area contributed by atoms with Gasteiger partial charge in [0.05, 0.1) is 0 Å². The second kappa shape index (κ2) is 13.1. The molecule has 0 bridgehead atoms. The predicted molar refractivity (Wildman–Crippen MR) is 123 cm³/mol.